The Morgan fingerprint density at radius 3 is 2.48 bits per heavy atom. The van der Waals surface area contributed by atoms with Crippen molar-refractivity contribution in [3.8, 4) is 0 Å². The molecule has 0 aromatic carbocycles. The van der Waals surface area contributed by atoms with Crippen molar-refractivity contribution in [1.29, 1.82) is 0 Å². The smallest absolute Gasteiger partial charge is 0.268 e. The van der Waals surface area contributed by atoms with Crippen LogP contribution in [0.4, 0.5) is 11.8 Å². The van der Waals surface area contributed by atoms with Crippen LogP contribution in [0.5, 0.6) is 0 Å². The van der Waals surface area contributed by atoms with Crippen LogP contribution in [-0.4, -0.2) is 27.6 Å². The van der Waals surface area contributed by atoms with E-state index in [0.717, 1.165) is 29.5 Å². The van der Waals surface area contributed by atoms with Crippen molar-refractivity contribution in [2.75, 3.05) is 23.7 Å². The summed E-state index contributed by atoms with van der Waals surface area (Å²) in [7, 11) is 1.82. The van der Waals surface area contributed by atoms with Crippen molar-refractivity contribution >= 4 is 23.5 Å². The molecule has 1 spiro atoms. The standard InChI is InChI=1S/C20H27N5OS/c1-14-12-22-17(21)11-15(14)27-16-13-23-19(24(2)18(16)26)25-9-7-20(8-10-25)5-3-4-6-20/h11-13H,3-10H2,1-2H3,(H2,21,22). The van der Waals surface area contributed by atoms with Gasteiger partial charge in [0, 0.05) is 31.2 Å². The number of rotatable bonds is 3. The lowest BCUT2D eigenvalue weighted by Crippen LogP contribution is -2.41. The Morgan fingerprint density at radius 1 is 1.07 bits per heavy atom. The zero-order valence-corrected chi connectivity index (χ0v) is 16.9. The second-order valence-corrected chi connectivity index (χ2v) is 9.04. The monoisotopic (exact) mass is 385 g/mol. The van der Waals surface area contributed by atoms with E-state index in [0.29, 0.717) is 16.1 Å². The van der Waals surface area contributed by atoms with Crippen LogP contribution in [0.2, 0.25) is 0 Å². The van der Waals surface area contributed by atoms with Gasteiger partial charge in [0.15, 0.2) is 0 Å². The van der Waals surface area contributed by atoms with Gasteiger partial charge >= 0.3 is 0 Å². The summed E-state index contributed by atoms with van der Waals surface area (Å²) in [5.41, 5.74) is 7.33. The van der Waals surface area contributed by atoms with Crippen molar-refractivity contribution in [3.63, 3.8) is 0 Å². The number of anilines is 2. The number of hydrogen-bond acceptors (Lipinski definition) is 6. The Kier molecular flexibility index (Phi) is 4.88. The van der Waals surface area contributed by atoms with Gasteiger partial charge in [0.25, 0.3) is 5.56 Å². The third kappa shape index (κ3) is 3.57. The Balaban J connectivity index is 1.54. The molecule has 4 rings (SSSR count). The van der Waals surface area contributed by atoms with Crippen molar-refractivity contribution < 1.29 is 0 Å². The Hall–Kier alpha value is -2.02. The first-order chi connectivity index (χ1) is 13.0. The van der Waals surface area contributed by atoms with Gasteiger partial charge in [-0.3, -0.25) is 9.36 Å². The normalized spacial score (nSPS) is 19.0. The van der Waals surface area contributed by atoms with Crippen LogP contribution >= 0.6 is 11.8 Å². The molecule has 0 amide bonds. The molecule has 3 heterocycles. The van der Waals surface area contributed by atoms with E-state index in [4.69, 9.17) is 5.73 Å². The summed E-state index contributed by atoms with van der Waals surface area (Å²) in [5, 5.41) is 0. The van der Waals surface area contributed by atoms with Crippen molar-refractivity contribution in [3.05, 3.63) is 34.4 Å². The number of aromatic nitrogens is 3. The van der Waals surface area contributed by atoms with Crippen LogP contribution in [0, 0.1) is 12.3 Å². The first-order valence-corrected chi connectivity index (χ1v) is 10.5. The Bertz CT molecular complexity index is 894. The van der Waals surface area contributed by atoms with E-state index in [1.54, 1.807) is 23.0 Å². The predicted octanol–water partition coefficient (Wildman–Crippen LogP) is 3.38. The second kappa shape index (κ2) is 7.19. The minimum absolute atomic E-state index is 0.0130. The highest BCUT2D eigenvalue weighted by Gasteiger charge is 2.37. The van der Waals surface area contributed by atoms with E-state index in [1.807, 2.05) is 14.0 Å². The van der Waals surface area contributed by atoms with Crippen LogP contribution in [0.3, 0.4) is 0 Å². The molecule has 0 bridgehead atoms. The maximum atomic E-state index is 12.9. The third-order valence-corrected chi connectivity index (χ3v) is 7.34. The molecular formula is C20H27N5OS. The molecule has 0 atom stereocenters. The van der Waals surface area contributed by atoms with E-state index in [1.165, 1.54) is 50.3 Å². The highest BCUT2D eigenvalue weighted by atomic mass is 32.2. The zero-order valence-electron chi connectivity index (χ0n) is 16.1. The number of aryl methyl sites for hydroxylation is 1. The molecule has 0 unspecified atom stereocenters. The van der Waals surface area contributed by atoms with Crippen LogP contribution in [0.1, 0.15) is 44.1 Å². The number of piperidine rings is 1. The minimum Gasteiger partial charge on any atom is -0.384 e. The van der Waals surface area contributed by atoms with Gasteiger partial charge < -0.3 is 10.6 Å². The average Bonchev–Trinajstić information content (AvgIpc) is 3.11. The first kappa shape index (κ1) is 18.3. The van der Waals surface area contributed by atoms with E-state index in [2.05, 4.69) is 14.9 Å². The maximum Gasteiger partial charge on any atom is 0.268 e. The van der Waals surface area contributed by atoms with Gasteiger partial charge in [0.1, 0.15) is 5.82 Å². The third-order valence-electron chi connectivity index (χ3n) is 6.18. The van der Waals surface area contributed by atoms with Crippen LogP contribution in [0.25, 0.3) is 0 Å². The van der Waals surface area contributed by atoms with Crippen molar-refractivity contribution in [2.24, 2.45) is 12.5 Å². The van der Waals surface area contributed by atoms with Gasteiger partial charge in [-0.05, 0) is 49.7 Å². The molecule has 0 radical (unpaired) electrons. The summed E-state index contributed by atoms with van der Waals surface area (Å²) in [6.45, 7) is 3.95. The van der Waals surface area contributed by atoms with E-state index in [-0.39, 0.29) is 5.56 Å². The molecule has 2 aromatic rings. The number of nitrogens with two attached hydrogens (primary N) is 1. The summed E-state index contributed by atoms with van der Waals surface area (Å²) in [6, 6.07) is 1.80. The number of hydrogen-bond donors (Lipinski definition) is 1. The summed E-state index contributed by atoms with van der Waals surface area (Å²) < 4.78 is 1.69. The second-order valence-electron chi connectivity index (χ2n) is 7.96. The first-order valence-electron chi connectivity index (χ1n) is 9.68. The molecule has 7 heteroatoms. The fraction of sp³-hybridized carbons (Fsp3) is 0.550. The highest BCUT2D eigenvalue weighted by Crippen LogP contribution is 2.46. The quantitative estimate of drug-likeness (QED) is 0.873. The lowest BCUT2D eigenvalue weighted by molar-refractivity contribution is 0.225. The summed E-state index contributed by atoms with van der Waals surface area (Å²) in [4.78, 5) is 25.5. The SMILES string of the molecule is Cc1cnc(N)cc1Sc1cnc(N2CCC3(CCCC3)CC2)n(C)c1=O. The van der Waals surface area contributed by atoms with Crippen LogP contribution < -0.4 is 16.2 Å². The van der Waals surface area contributed by atoms with E-state index < -0.39 is 0 Å². The topological polar surface area (TPSA) is 77.0 Å². The van der Waals surface area contributed by atoms with Crippen LogP contribution in [0.15, 0.2) is 33.0 Å². The van der Waals surface area contributed by atoms with Crippen molar-refractivity contribution in [1.82, 2.24) is 14.5 Å². The molecule has 1 saturated heterocycles. The van der Waals surface area contributed by atoms with Crippen LogP contribution in [-0.2, 0) is 7.05 Å². The van der Waals surface area contributed by atoms with Gasteiger partial charge in [-0.25, -0.2) is 9.97 Å². The molecule has 6 nitrogen and oxygen atoms in total. The lowest BCUT2D eigenvalue weighted by Gasteiger charge is -2.40. The number of nitrogens with zero attached hydrogens (tertiary/aromatic N) is 4. The number of pyridine rings is 1. The molecule has 27 heavy (non-hydrogen) atoms. The van der Waals surface area contributed by atoms with Crippen molar-refractivity contribution in [2.45, 2.75) is 55.2 Å². The largest absolute Gasteiger partial charge is 0.384 e. The minimum atomic E-state index is -0.0130. The number of nitrogen functional groups attached to an aromatic ring is 1. The maximum absolute atomic E-state index is 12.9. The van der Waals surface area contributed by atoms with Gasteiger partial charge in [-0.1, -0.05) is 24.6 Å². The zero-order chi connectivity index (χ0) is 19.0. The molecule has 1 aliphatic carbocycles. The lowest BCUT2D eigenvalue weighted by atomic mass is 9.77. The predicted molar refractivity (Wildman–Crippen MR) is 109 cm³/mol. The molecule has 1 aliphatic heterocycles. The van der Waals surface area contributed by atoms with Gasteiger partial charge in [-0.2, -0.15) is 0 Å². The molecule has 144 valence electrons. The summed E-state index contributed by atoms with van der Waals surface area (Å²) in [5.74, 6) is 1.24. The van der Waals surface area contributed by atoms with E-state index in [9.17, 15) is 4.79 Å². The van der Waals surface area contributed by atoms with Gasteiger partial charge in [0.2, 0.25) is 5.95 Å². The van der Waals surface area contributed by atoms with Gasteiger partial charge in [0.05, 0.1) is 11.1 Å². The Labute approximate surface area is 164 Å². The average molecular weight is 386 g/mol. The summed E-state index contributed by atoms with van der Waals surface area (Å²) in [6.07, 6.45) is 11.4. The molecule has 2 aromatic heterocycles. The highest BCUT2D eigenvalue weighted by molar-refractivity contribution is 7.99. The summed E-state index contributed by atoms with van der Waals surface area (Å²) >= 11 is 1.41. The van der Waals surface area contributed by atoms with Gasteiger partial charge in [-0.15, -0.1) is 0 Å². The fourth-order valence-electron chi connectivity index (χ4n) is 4.43. The molecule has 1 saturated carbocycles. The molecule has 2 N–H and O–H groups in total. The Morgan fingerprint density at radius 2 is 1.78 bits per heavy atom. The molecule has 2 aliphatic rings. The molecular weight excluding hydrogens is 358 g/mol. The fourth-order valence-corrected chi connectivity index (χ4v) is 5.39. The van der Waals surface area contributed by atoms with E-state index >= 15 is 0 Å². The molecule has 2 fully saturated rings.